The second-order valence-corrected chi connectivity index (χ2v) is 2.17. The molecule has 64 valence electrons. The van der Waals surface area contributed by atoms with Gasteiger partial charge >= 0.3 is 0 Å². The molecule has 1 aromatic rings. The third-order valence-electron chi connectivity index (χ3n) is 1.47. The summed E-state index contributed by atoms with van der Waals surface area (Å²) < 4.78 is 5.00. The van der Waals surface area contributed by atoms with Gasteiger partial charge in [-0.2, -0.15) is 0 Å². The summed E-state index contributed by atoms with van der Waals surface area (Å²) >= 11 is 0. The summed E-state index contributed by atoms with van der Waals surface area (Å²) in [6.07, 6.45) is 1.63. The number of rotatable bonds is 1. The Labute approximate surface area is 71.1 Å². The van der Waals surface area contributed by atoms with Crippen molar-refractivity contribution in [3.63, 3.8) is 0 Å². The van der Waals surface area contributed by atoms with Crippen LogP contribution in [0.25, 0.3) is 0 Å². The van der Waals surface area contributed by atoms with E-state index in [1.54, 1.807) is 26.4 Å². The van der Waals surface area contributed by atoms with Crippen molar-refractivity contribution in [2.24, 2.45) is 4.99 Å². The second-order valence-electron chi connectivity index (χ2n) is 2.17. The van der Waals surface area contributed by atoms with Gasteiger partial charge in [0.05, 0.1) is 12.7 Å². The number of nitrogen functional groups attached to an aromatic ring is 1. The van der Waals surface area contributed by atoms with E-state index in [9.17, 15) is 0 Å². The Morgan fingerprint density at radius 3 is 2.92 bits per heavy atom. The van der Waals surface area contributed by atoms with Gasteiger partial charge in [-0.1, -0.05) is 0 Å². The molecule has 0 saturated carbocycles. The first-order valence-electron chi connectivity index (χ1n) is 3.51. The SMILES string of the molecule is CN=C(OC)c1cccnc1N. The molecular formula is C8H11N3O. The lowest BCUT2D eigenvalue weighted by Crippen LogP contribution is -2.07. The fraction of sp³-hybridized carbons (Fsp3) is 0.250. The zero-order valence-corrected chi connectivity index (χ0v) is 7.11. The van der Waals surface area contributed by atoms with E-state index in [0.29, 0.717) is 11.7 Å². The van der Waals surface area contributed by atoms with Crippen LogP contribution in [-0.4, -0.2) is 25.0 Å². The van der Waals surface area contributed by atoms with Crippen molar-refractivity contribution in [3.8, 4) is 0 Å². The molecule has 0 bridgehead atoms. The van der Waals surface area contributed by atoms with E-state index in [0.717, 1.165) is 5.56 Å². The lowest BCUT2D eigenvalue weighted by atomic mass is 10.2. The van der Waals surface area contributed by atoms with Crippen LogP contribution in [0, 0.1) is 0 Å². The molecule has 0 atom stereocenters. The fourth-order valence-corrected chi connectivity index (χ4v) is 0.920. The molecule has 0 unspecified atom stereocenters. The lowest BCUT2D eigenvalue weighted by molar-refractivity contribution is 0.404. The highest BCUT2D eigenvalue weighted by molar-refractivity contribution is 5.97. The number of aromatic nitrogens is 1. The standard InChI is InChI=1S/C8H11N3O/c1-10-8(12-2)6-4-3-5-11-7(6)9/h3-5H,1-2H3,(H2,9,11). The zero-order valence-electron chi connectivity index (χ0n) is 7.11. The van der Waals surface area contributed by atoms with Gasteiger partial charge in [0.2, 0.25) is 5.90 Å². The first-order chi connectivity index (χ1) is 5.79. The lowest BCUT2D eigenvalue weighted by Gasteiger charge is -2.04. The molecule has 0 aromatic carbocycles. The van der Waals surface area contributed by atoms with Gasteiger partial charge in [-0.3, -0.25) is 4.99 Å². The van der Waals surface area contributed by atoms with Gasteiger partial charge in [0, 0.05) is 13.2 Å². The normalized spacial score (nSPS) is 11.3. The van der Waals surface area contributed by atoms with E-state index in [1.807, 2.05) is 6.07 Å². The molecule has 0 aliphatic rings. The smallest absolute Gasteiger partial charge is 0.219 e. The minimum atomic E-state index is 0.431. The third kappa shape index (κ3) is 1.53. The Bertz CT molecular complexity index is 296. The summed E-state index contributed by atoms with van der Waals surface area (Å²) in [4.78, 5) is 7.82. The first-order valence-corrected chi connectivity index (χ1v) is 3.51. The van der Waals surface area contributed by atoms with Crippen LogP contribution < -0.4 is 5.73 Å². The number of hydrogen-bond donors (Lipinski definition) is 1. The Morgan fingerprint density at radius 2 is 2.42 bits per heavy atom. The van der Waals surface area contributed by atoms with E-state index in [4.69, 9.17) is 10.5 Å². The van der Waals surface area contributed by atoms with E-state index in [-0.39, 0.29) is 0 Å². The average Bonchev–Trinajstić information content (AvgIpc) is 2.10. The number of nitrogens with zero attached hydrogens (tertiary/aromatic N) is 2. The topological polar surface area (TPSA) is 60.5 Å². The van der Waals surface area contributed by atoms with Gasteiger partial charge in [0.1, 0.15) is 5.82 Å². The number of ether oxygens (including phenoxy) is 1. The van der Waals surface area contributed by atoms with Crippen LogP contribution in [0.4, 0.5) is 5.82 Å². The van der Waals surface area contributed by atoms with Crippen molar-refractivity contribution in [1.82, 2.24) is 4.98 Å². The zero-order chi connectivity index (χ0) is 8.97. The number of methoxy groups -OCH3 is 1. The number of pyridine rings is 1. The maximum absolute atomic E-state index is 5.60. The Hall–Kier alpha value is -1.58. The summed E-state index contributed by atoms with van der Waals surface area (Å²) in [5, 5.41) is 0. The second kappa shape index (κ2) is 3.71. The summed E-state index contributed by atoms with van der Waals surface area (Å²) in [6, 6.07) is 3.60. The number of hydrogen-bond acceptors (Lipinski definition) is 4. The quantitative estimate of drug-likeness (QED) is 0.492. The monoisotopic (exact) mass is 165 g/mol. The maximum Gasteiger partial charge on any atom is 0.219 e. The van der Waals surface area contributed by atoms with Crippen molar-refractivity contribution in [1.29, 1.82) is 0 Å². The number of nitrogens with two attached hydrogens (primary N) is 1. The summed E-state index contributed by atoms with van der Waals surface area (Å²) in [5.74, 6) is 0.931. The van der Waals surface area contributed by atoms with Crippen LogP contribution >= 0.6 is 0 Å². The van der Waals surface area contributed by atoms with Crippen molar-refractivity contribution in [3.05, 3.63) is 23.9 Å². The molecule has 4 nitrogen and oxygen atoms in total. The maximum atomic E-state index is 5.60. The first kappa shape index (κ1) is 8.52. The van der Waals surface area contributed by atoms with E-state index in [1.165, 1.54) is 0 Å². The largest absolute Gasteiger partial charge is 0.481 e. The molecule has 0 radical (unpaired) electrons. The van der Waals surface area contributed by atoms with Crippen LogP contribution in [0.15, 0.2) is 23.3 Å². The Balaban J connectivity index is 3.10. The molecule has 1 aromatic heterocycles. The highest BCUT2D eigenvalue weighted by Crippen LogP contribution is 2.08. The molecule has 0 fully saturated rings. The summed E-state index contributed by atoms with van der Waals surface area (Å²) in [7, 11) is 3.19. The van der Waals surface area contributed by atoms with Gasteiger partial charge in [0.15, 0.2) is 0 Å². The molecular weight excluding hydrogens is 154 g/mol. The van der Waals surface area contributed by atoms with E-state index in [2.05, 4.69) is 9.98 Å². The molecule has 2 N–H and O–H groups in total. The highest BCUT2D eigenvalue weighted by atomic mass is 16.5. The van der Waals surface area contributed by atoms with Crippen molar-refractivity contribution in [2.75, 3.05) is 19.9 Å². The van der Waals surface area contributed by atoms with E-state index >= 15 is 0 Å². The molecule has 0 spiro atoms. The van der Waals surface area contributed by atoms with Crippen molar-refractivity contribution >= 4 is 11.7 Å². The molecule has 4 heteroatoms. The van der Waals surface area contributed by atoms with Crippen LogP contribution in [0.3, 0.4) is 0 Å². The Morgan fingerprint density at radius 1 is 1.67 bits per heavy atom. The van der Waals surface area contributed by atoms with Gasteiger partial charge in [-0.25, -0.2) is 4.98 Å². The molecule has 1 heterocycles. The summed E-state index contributed by atoms with van der Waals surface area (Å²) in [5.41, 5.74) is 6.33. The molecule has 0 aliphatic heterocycles. The predicted molar refractivity (Wildman–Crippen MR) is 48.1 cm³/mol. The van der Waals surface area contributed by atoms with Gasteiger partial charge in [-0.05, 0) is 12.1 Å². The molecule has 1 rings (SSSR count). The van der Waals surface area contributed by atoms with Gasteiger partial charge in [0.25, 0.3) is 0 Å². The average molecular weight is 165 g/mol. The minimum absolute atomic E-state index is 0.431. The van der Waals surface area contributed by atoms with Crippen LogP contribution in [0.5, 0.6) is 0 Å². The minimum Gasteiger partial charge on any atom is -0.481 e. The van der Waals surface area contributed by atoms with Crippen molar-refractivity contribution < 1.29 is 4.74 Å². The number of anilines is 1. The highest BCUT2D eigenvalue weighted by Gasteiger charge is 2.05. The van der Waals surface area contributed by atoms with Crippen molar-refractivity contribution in [2.45, 2.75) is 0 Å². The predicted octanol–water partition coefficient (Wildman–Crippen LogP) is 0.687. The van der Waals surface area contributed by atoms with Crippen LogP contribution in [0.2, 0.25) is 0 Å². The third-order valence-corrected chi connectivity index (χ3v) is 1.47. The molecule has 12 heavy (non-hydrogen) atoms. The molecule has 0 amide bonds. The molecule has 0 saturated heterocycles. The summed E-state index contributed by atoms with van der Waals surface area (Å²) in [6.45, 7) is 0. The van der Waals surface area contributed by atoms with Crippen LogP contribution in [-0.2, 0) is 4.74 Å². The number of aliphatic imine (C=N–C) groups is 1. The Kier molecular flexibility index (Phi) is 2.63. The van der Waals surface area contributed by atoms with Gasteiger partial charge < -0.3 is 10.5 Å². The fourth-order valence-electron chi connectivity index (χ4n) is 0.920. The van der Waals surface area contributed by atoms with Crippen LogP contribution in [0.1, 0.15) is 5.56 Å². The van der Waals surface area contributed by atoms with Gasteiger partial charge in [-0.15, -0.1) is 0 Å². The molecule has 0 aliphatic carbocycles. The van der Waals surface area contributed by atoms with E-state index < -0.39 is 0 Å².